The third-order valence-electron chi connectivity index (χ3n) is 0.348. The molecule has 0 bridgehead atoms. The van der Waals surface area contributed by atoms with Crippen LogP contribution in [-0.4, -0.2) is 6.54 Å². The van der Waals surface area contributed by atoms with E-state index in [1.54, 1.807) is 6.08 Å². The van der Waals surface area contributed by atoms with Crippen molar-refractivity contribution in [3.05, 3.63) is 18.4 Å². The van der Waals surface area contributed by atoms with E-state index >= 15 is 0 Å². The summed E-state index contributed by atoms with van der Waals surface area (Å²) in [6.07, 6.45) is 2.56. The standard InChI is InChI=1S/C4H8N.Ru/c1-2-3-4-5;/h2,5H,1,3-4H2;/q-1;+1. The Balaban J connectivity index is 0. The van der Waals surface area contributed by atoms with E-state index in [2.05, 4.69) is 6.58 Å². The predicted molar refractivity (Wildman–Crippen MR) is 24.0 cm³/mol. The van der Waals surface area contributed by atoms with Gasteiger partial charge in [0, 0.05) is 0 Å². The second-order valence-corrected chi connectivity index (χ2v) is 0.827. The van der Waals surface area contributed by atoms with Gasteiger partial charge in [-0.25, -0.2) is 0 Å². The summed E-state index contributed by atoms with van der Waals surface area (Å²) >= 11 is 0. The van der Waals surface area contributed by atoms with Crippen LogP contribution in [0.1, 0.15) is 6.42 Å². The number of hydrogen-bond acceptors (Lipinski definition) is 0. The van der Waals surface area contributed by atoms with Gasteiger partial charge in [-0.1, -0.05) is 12.5 Å². The molecule has 0 saturated heterocycles. The van der Waals surface area contributed by atoms with Crippen LogP contribution < -0.4 is 0 Å². The fourth-order valence-electron chi connectivity index (χ4n) is 0.102. The van der Waals surface area contributed by atoms with Gasteiger partial charge in [-0.3, -0.25) is 0 Å². The smallest absolute Gasteiger partial charge is 0.677 e. The van der Waals surface area contributed by atoms with Crippen molar-refractivity contribution in [2.75, 3.05) is 6.54 Å². The van der Waals surface area contributed by atoms with Crippen molar-refractivity contribution in [1.29, 1.82) is 0 Å². The minimum Gasteiger partial charge on any atom is -0.677 e. The van der Waals surface area contributed by atoms with Gasteiger partial charge in [-0.05, 0) is 0 Å². The average molecular weight is 171 g/mol. The van der Waals surface area contributed by atoms with Crippen molar-refractivity contribution >= 4 is 0 Å². The maximum absolute atomic E-state index is 6.53. The number of rotatable bonds is 2. The van der Waals surface area contributed by atoms with Gasteiger partial charge in [0.1, 0.15) is 0 Å². The third-order valence-corrected chi connectivity index (χ3v) is 0.348. The maximum Gasteiger partial charge on any atom is 1.00 e. The van der Waals surface area contributed by atoms with E-state index in [1.165, 1.54) is 0 Å². The molecule has 2 heteroatoms. The molecule has 0 unspecified atom stereocenters. The SMILES string of the molecule is C=CCC[NH-].[Ru+]. The molecule has 0 heterocycles. The minimum atomic E-state index is 0. The molecule has 0 aromatic rings. The predicted octanol–water partition coefficient (Wildman–Crippen LogP) is 1.61. The summed E-state index contributed by atoms with van der Waals surface area (Å²) in [6.45, 7) is 3.91. The van der Waals surface area contributed by atoms with Gasteiger partial charge in [-0.15, -0.1) is 13.1 Å². The van der Waals surface area contributed by atoms with Gasteiger partial charge in [0.05, 0.1) is 0 Å². The van der Waals surface area contributed by atoms with Gasteiger partial charge in [0.2, 0.25) is 0 Å². The van der Waals surface area contributed by atoms with Gasteiger partial charge < -0.3 is 5.73 Å². The summed E-state index contributed by atoms with van der Waals surface area (Å²) in [7, 11) is 0. The Morgan fingerprint density at radius 3 is 2.17 bits per heavy atom. The van der Waals surface area contributed by atoms with Crippen molar-refractivity contribution in [3.8, 4) is 0 Å². The molecule has 0 spiro atoms. The van der Waals surface area contributed by atoms with E-state index in [9.17, 15) is 0 Å². The normalized spacial score (nSPS) is 6.17. The van der Waals surface area contributed by atoms with Crippen molar-refractivity contribution < 1.29 is 19.5 Å². The molecule has 0 aromatic carbocycles. The first-order valence-corrected chi connectivity index (χ1v) is 1.67. The van der Waals surface area contributed by atoms with Crippen LogP contribution in [0.25, 0.3) is 5.73 Å². The van der Waals surface area contributed by atoms with Crippen LogP contribution in [0.15, 0.2) is 12.7 Å². The van der Waals surface area contributed by atoms with E-state index in [0.29, 0.717) is 6.54 Å². The Kier molecular flexibility index (Phi) is 14.4. The quantitative estimate of drug-likeness (QED) is 0.445. The monoisotopic (exact) mass is 172 g/mol. The number of hydrogen-bond donors (Lipinski definition) is 0. The molecule has 0 atom stereocenters. The topological polar surface area (TPSA) is 23.8 Å². The Bertz CT molecular complexity index is 28.7. The van der Waals surface area contributed by atoms with Crippen LogP contribution in [0.5, 0.6) is 0 Å². The Labute approximate surface area is 51.4 Å². The van der Waals surface area contributed by atoms with Crippen molar-refractivity contribution in [3.63, 3.8) is 0 Å². The zero-order valence-corrected chi connectivity index (χ0v) is 5.29. The zero-order chi connectivity index (χ0) is 4.12. The molecule has 1 radical (unpaired) electrons. The molecule has 37 valence electrons. The molecule has 0 rings (SSSR count). The first-order valence-electron chi connectivity index (χ1n) is 1.67. The van der Waals surface area contributed by atoms with Crippen molar-refractivity contribution in [1.82, 2.24) is 0 Å². The fourth-order valence-corrected chi connectivity index (χ4v) is 0.102. The summed E-state index contributed by atoms with van der Waals surface area (Å²) < 4.78 is 0. The minimum absolute atomic E-state index is 0. The third kappa shape index (κ3) is 8.85. The molecule has 1 N–H and O–H groups in total. The molecule has 6 heavy (non-hydrogen) atoms. The fraction of sp³-hybridized carbons (Fsp3) is 0.500. The molecule has 0 aliphatic heterocycles. The molecular weight excluding hydrogens is 163 g/mol. The Morgan fingerprint density at radius 2 is 2.17 bits per heavy atom. The first-order chi connectivity index (χ1) is 2.41. The van der Waals surface area contributed by atoms with E-state index in [0.717, 1.165) is 6.42 Å². The van der Waals surface area contributed by atoms with Crippen LogP contribution in [0.4, 0.5) is 0 Å². The number of nitrogens with one attached hydrogen (secondary N) is 1. The van der Waals surface area contributed by atoms with Gasteiger partial charge >= 0.3 is 19.5 Å². The maximum atomic E-state index is 6.53. The van der Waals surface area contributed by atoms with E-state index < -0.39 is 0 Å². The van der Waals surface area contributed by atoms with Gasteiger partial charge in [-0.2, -0.15) is 0 Å². The second-order valence-electron chi connectivity index (χ2n) is 0.827. The Hall–Kier alpha value is 0.323. The second kappa shape index (κ2) is 9.01. The van der Waals surface area contributed by atoms with E-state index in [-0.39, 0.29) is 19.5 Å². The molecule has 0 aliphatic carbocycles. The van der Waals surface area contributed by atoms with Crippen LogP contribution >= 0.6 is 0 Å². The Morgan fingerprint density at radius 1 is 1.67 bits per heavy atom. The summed E-state index contributed by atoms with van der Waals surface area (Å²) in [4.78, 5) is 0. The summed E-state index contributed by atoms with van der Waals surface area (Å²) in [5.74, 6) is 0. The van der Waals surface area contributed by atoms with E-state index in [1.807, 2.05) is 0 Å². The van der Waals surface area contributed by atoms with Crippen LogP contribution in [0.2, 0.25) is 0 Å². The average Bonchev–Trinajstić information content (AvgIpc) is 1.41. The molecule has 1 nitrogen and oxygen atoms in total. The van der Waals surface area contributed by atoms with Gasteiger partial charge in [0.15, 0.2) is 0 Å². The largest absolute Gasteiger partial charge is 1.00 e. The molecular formula is C4H8NRu. The van der Waals surface area contributed by atoms with Crippen LogP contribution in [0.3, 0.4) is 0 Å². The van der Waals surface area contributed by atoms with E-state index in [4.69, 9.17) is 5.73 Å². The molecule has 0 amide bonds. The van der Waals surface area contributed by atoms with Crippen LogP contribution in [-0.2, 0) is 19.5 Å². The summed E-state index contributed by atoms with van der Waals surface area (Å²) in [5.41, 5.74) is 6.53. The zero-order valence-electron chi connectivity index (χ0n) is 3.55. The van der Waals surface area contributed by atoms with Crippen LogP contribution in [0, 0.1) is 0 Å². The van der Waals surface area contributed by atoms with Crippen molar-refractivity contribution in [2.24, 2.45) is 0 Å². The molecule has 0 fully saturated rings. The van der Waals surface area contributed by atoms with Crippen molar-refractivity contribution in [2.45, 2.75) is 6.42 Å². The molecule has 0 saturated carbocycles. The van der Waals surface area contributed by atoms with Gasteiger partial charge in [0.25, 0.3) is 0 Å². The molecule has 0 aliphatic rings. The summed E-state index contributed by atoms with van der Waals surface area (Å²) in [5, 5.41) is 0. The summed E-state index contributed by atoms with van der Waals surface area (Å²) in [6, 6.07) is 0. The first kappa shape index (κ1) is 9.59. The molecule has 0 aromatic heterocycles.